The summed E-state index contributed by atoms with van der Waals surface area (Å²) in [5.74, 6) is -0.308. The second-order valence-corrected chi connectivity index (χ2v) is 5.79. The maximum absolute atomic E-state index is 12.2. The van der Waals surface area contributed by atoms with Gasteiger partial charge in [-0.25, -0.2) is 4.79 Å². The Labute approximate surface area is 117 Å². The predicted octanol–water partition coefficient (Wildman–Crippen LogP) is 1.51. The Balaban J connectivity index is 1.40. The summed E-state index contributed by atoms with van der Waals surface area (Å²) in [5.41, 5.74) is 1.25. The van der Waals surface area contributed by atoms with E-state index in [1.54, 1.807) is 0 Å². The SMILES string of the molecule is C=C(C(=O)OC1CC2NC(C1)C1OC21)c1ccccc1. The lowest BCUT2D eigenvalue weighted by Crippen LogP contribution is -2.46. The van der Waals surface area contributed by atoms with Gasteiger partial charge in [-0.1, -0.05) is 36.9 Å². The number of hydrogen-bond donors (Lipinski definition) is 1. The van der Waals surface area contributed by atoms with Crippen molar-refractivity contribution in [3.8, 4) is 0 Å². The van der Waals surface area contributed by atoms with E-state index in [9.17, 15) is 4.79 Å². The third-order valence-electron chi connectivity index (χ3n) is 4.46. The lowest BCUT2D eigenvalue weighted by molar-refractivity contribution is -0.144. The first-order valence-electron chi connectivity index (χ1n) is 7.09. The highest BCUT2D eigenvalue weighted by molar-refractivity contribution is 6.15. The molecule has 20 heavy (non-hydrogen) atoms. The van der Waals surface area contributed by atoms with Gasteiger partial charge in [0, 0.05) is 24.9 Å². The predicted molar refractivity (Wildman–Crippen MR) is 74.0 cm³/mol. The molecule has 4 atom stereocenters. The molecule has 3 aliphatic heterocycles. The zero-order valence-electron chi connectivity index (χ0n) is 11.1. The average Bonchev–Trinajstić information content (AvgIpc) is 3.23. The van der Waals surface area contributed by atoms with Crippen molar-refractivity contribution in [3.63, 3.8) is 0 Å². The van der Waals surface area contributed by atoms with Gasteiger partial charge in [0.05, 0.1) is 5.57 Å². The fourth-order valence-electron chi connectivity index (χ4n) is 3.39. The van der Waals surface area contributed by atoms with Crippen LogP contribution in [-0.4, -0.2) is 36.4 Å². The van der Waals surface area contributed by atoms with Crippen LogP contribution in [0.2, 0.25) is 0 Å². The minimum atomic E-state index is -0.308. The number of fused-ring (bicyclic) bond motifs is 5. The molecule has 0 spiro atoms. The minimum Gasteiger partial charge on any atom is -0.459 e. The molecule has 0 saturated carbocycles. The summed E-state index contributed by atoms with van der Waals surface area (Å²) in [4.78, 5) is 12.2. The van der Waals surface area contributed by atoms with Crippen LogP contribution in [0, 0.1) is 0 Å². The lowest BCUT2D eigenvalue weighted by atomic mass is 10.0. The van der Waals surface area contributed by atoms with Gasteiger partial charge in [0.1, 0.15) is 18.3 Å². The van der Waals surface area contributed by atoms with Crippen molar-refractivity contribution in [2.45, 2.75) is 43.2 Å². The summed E-state index contributed by atoms with van der Waals surface area (Å²) in [5, 5.41) is 3.52. The molecule has 104 valence electrons. The Bertz CT molecular complexity index is 540. The Morgan fingerprint density at radius 3 is 2.50 bits per heavy atom. The number of carbonyl (C=O) groups excluding carboxylic acids is 1. The first kappa shape index (κ1) is 12.1. The summed E-state index contributed by atoms with van der Waals surface area (Å²) in [6, 6.07) is 10.1. The Hall–Kier alpha value is -1.65. The Morgan fingerprint density at radius 1 is 1.20 bits per heavy atom. The van der Waals surface area contributed by atoms with Gasteiger partial charge in [0.25, 0.3) is 0 Å². The van der Waals surface area contributed by atoms with Gasteiger partial charge in [-0.15, -0.1) is 0 Å². The number of nitrogens with one attached hydrogen (secondary N) is 1. The van der Waals surface area contributed by atoms with Gasteiger partial charge in [0.15, 0.2) is 0 Å². The maximum Gasteiger partial charge on any atom is 0.338 e. The van der Waals surface area contributed by atoms with Gasteiger partial charge >= 0.3 is 5.97 Å². The van der Waals surface area contributed by atoms with Crippen LogP contribution in [0.25, 0.3) is 5.57 Å². The van der Waals surface area contributed by atoms with E-state index in [4.69, 9.17) is 9.47 Å². The number of carbonyl (C=O) groups is 1. The fourth-order valence-corrected chi connectivity index (χ4v) is 3.39. The van der Waals surface area contributed by atoms with E-state index in [1.165, 1.54) is 0 Å². The Morgan fingerprint density at radius 2 is 1.85 bits per heavy atom. The number of rotatable bonds is 3. The molecule has 0 aromatic heterocycles. The molecule has 0 radical (unpaired) electrons. The van der Waals surface area contributed by atoms with Gasteiger partial charge in [0.2, 0.25) is 0 Å². The summed E-state index contributed by atoms with van der Waals surface area (Å²) in [6.07, 6.45) is 2.36. The summed E-state index contributed by atoms with van der Waals surface area (Å²) >= 11 is 0. The highest BCUT2D eigenvalue weighted by atomic mass is 16.6. The van der Waals surface area contributed by atoms with Crippen LogP contribution >= 0.6 is 0 Å². The fraction of sp³-hybridized carbons (Fsp3) is 0.438. The van der Waals surface area contributed by atoms with Gasteiger partial charge in [-0.3, -0.25) is 0 Å². The first-order valence-corrected chi connectivity index (χ1v) is 7.09. The van der Waals surface area contributed by atoms with E-state index in [0.717, 1.165) is 18.4 Å². The normalized spacial score (nSPS) is 37.1. The Kier molecular flexibility index (Phi) is 2.69. The maximum atomic E-state index is 12.2. The molecule has 1 N–H and O–H groups in total. The van der Waals surface area contributed by atoms with Crippen molar-refractivity contribution in [2.24, 2.45) is 0 Å². The molecule has 0 amide bonds. The zero-order valence-corrected chi connectivity index (χ0v) is 11.1. The van der Waals surface area contributed by atoms with Crippen LogP contribution < -0.4 is 5.32 Å². The molecule has 0 aliphatic carbocycles. The van der Waals surface area contributed by atoms with E-state index in [1.807, 2.05) is 30.3 Å². The monoisotopic (exact) mass is 271 g/mol. The smallest absolute Gasteiger partial charge is 0.338 e. The van der Waals surface area contributed by atoms with Crippen molar-refractivity contribution in [2.75, 3.05) is 0 Å². The van der Waals surface area contributed by atoms with E-state index >= 15 is 0 Å². The van der Waals surface area contributed by atoms with Gasteiger partial charge in [-0.05, 0) is 5.56 Å². The molecule has 3 aliphatic rings. The minimum absolute atomic E-state index is 0.0180. The molecule has 4 nitrogen and oxygen atoms in total. The molecule has 3 saturated heterocycles. The van der Waals surface area contributed by atoms with Crippen LogP contribution in [0.1, 0.15) is 18.4 Å². The van der Waals surface area contributed by atoms with Crippen molar-refractivity contribution in [1.82, 2.24) is 5.32 Å². The van der Waals surface area contributed by atoms with Crippen molar-refractivity contribution >= 4 is 11.5 Å². The number of epoxide rings is 1. The quantitative estimate of drug-likeness (QED) is 0.514. The topological polar surface area (TPSA) is 50.9 Å². The molecule has 1 aromatic carbocycles. The van der Waals surface area contributed by atoms with Gasteiger partial charge < -0.3 is 14.8 Å². The molecule has 1 aromatic rings. The number of benzene rings is 1. The number of esters is 1. The lowest BCUT2D eigenvalue weighted by Gasteiger charge is -2.31. The molecule has 2 bridgehead atoms. The van der Waals surface area contributed by atoms with E-state index in [2.05, 4.69) is 11.9 Å². The van der Waals surface area contributed by atoms with Crippen LogP contribution in [-0.2, 0) is 14.3 Å². The van der Waals surface area contributed by atoms with Crippen molar-refractivity contribution in [1.29, 1.82) is 0 Å². The molecular weight excluding hydrogens is 254 g/mol. The third-order valence-corrected chi connectivity index (χ3v) is 4.46. The van der Waals surface area contributed by atoms with Gasteiger partial charge in [-0.2, -0.15) is 0 Å². The highest BCUT2D eigenvalue weighted by Crippen LogP contribution is 2.42. The zero-order chi connectivity index (χ0) is 13.7. The third kappa shape index (κ3) is 1.96. The highest BCUT2D eigenvalue weighted by Gasteiger charge is 2.59. The van der Waals surface area contributed by atoms with E-state index in [-0.39, 0.29) is 12.1 Å². The summed E-state index contributed by atoms with van der Waals surface area (Å²) in [6.45, 7) is 3.85. The molecule has 3 fully saturated rings. The second-order valence-electron chi connectivity index (χ2n) is 5.79. The van der Waals surface area contributed by atoms with Crippen molar-refractivity contribution < 1.29 is 14.3 Å². The van der Waals surface area contributed by atoms with Crippen molar-refractivity contribution in [3.05, 3.63) is 42.5 Å². The van der Waals surface area contributed by atoms with Crippen LogP contribution in [0.5, 0.6) is 0 Å². The van der Waals surface area contributed by atoms with E-state index in [0.29, 0.717) is 29.9 Å². The molecule has 4 rings (SSSR count). The standard InChI is InChI=1S/C16H17NO3/c1-9(10-5-3-2-4-6-10)16(18)19-11-7-12-14-15(20-14)13(8-11)17-12/h2-6,11-15,17H,1,7-8H2. The summed E-state index contributed by atoms with van der Waals surface area (Å²) < 4.78 is 11.2. The molecular formula is C16H17NO3. The molecule has 4 heteroatoms. The number of ether oxygens (including phenoxy) is 2. The average molecular weight is 271 g/mol. The number of piperidine rings is 1. The largest absolute Gasteiger partial charge is 0.459 e. The second kappa shape index (κ2) is 4.43. The van der Waals surface area contributed by atoms with Crippen LogP contribution in [0.15, 0.2) is 36.9 Å². The molecule has 4 unspecified atom stereocenters. The number of morpholine rings is 1. The number of hydrogen-bond acceptors (Lipinski definition) is 4. The van der Waals surface area contributed by atoms with Crippen LogP contribution in [0.3, 0.4) is 0 Å². The summed E-state index contributed by atoms with van der Waals surface area (Å²) in [7, 11) is 0. The van der Waals surface area contributed by atoms with Crippen LogP contribution in [0.4, 0.5) is 0 Å². The molecule has 3 heterocycles. The first-order chi connectivity index (χ1) is 9.72. The van der Waals surface area contributed by atoms with E-state index < -0.39 is 0 Å².